The summed E-state index contributed by atoms with van der Waals surface area (Å²) in [5, 5.41) is 4.03. The third-order valence-electron chi connectivity index (χ3n) is 5.27. The van der Waals surface area contributed by atoms with Gasteiger partial charge in [0.1, 0.15) is 6.61 Å². The Kier molecular flexibility index (Phi) is 4.43. The minimum absolute atomic E-state index is 0.0415. The Hall–Kier alpha value is -1.99. The van der Waals surface area contributed by atoms with E-state index in [-0.39, 0.29) is 18.1 Å². The van der Waals surface area contributed by atoms with Crippen LogP contribution in [0.25, 0.3) is 11.4 Å². The summed E-state index contributed by atoms with van der Waals surface area (Å²) in [5.74, 6) is 0.793. The summed E-state index contributed by atoms with van der Waals surface area (Å²) in [5.41, 5.74) is 8.45. The van der Waals surface area contributed by atoms with Gasteiger partial charge in [-0.3, -0.25) is 4.79 Å². The van der Waals surface area contributed by atoms with Gasteiger partial charge < -0.3 is 19.6 Å². The molecule has 2 aromatic heterocycles. The largest absolute Gasteiger partial charge is 0.368 e. The van der Waals surface area contributed by atoms with E-state index in [1.54, 1.807) is 6.07 Å². The van der Waals surface area contributed by atoms with E-state index in [2.05, 4.69) is 14.7 Å². The van der Waals surface area contributed by atoms with Crippen molar-refractivity contribution in [2.75, 3.05) is 0 Å². The summed E-state index contributed by atoms with van der Waals surface area (Å²) in [4.78, 5) is 16.9. The quantitative estimate of drug-likeness (QED) is 0.910. The Morgan fingerprint density at radius 2 is 2.16 bits per heavy atom. The van der Waals surface area contributed by atoms with Gasteiger partial charge in [-0.25, -0.2) is 0 Å². The van der Waals surface area contributed by atoms with Gasteiger partial charge in [-0.1, -0.05) is 5.16 Å². The molecule has 4 rings (SSSR count). The Bertz CT molecular complexity index is 818. The minimum Gasteiger partial charge on any atom is -0.368 e. The van der Waals surface area contributed by atoms with Crippen molar-refractivity contribution in [3.63, 3.8) is 0 Å². The van der Waals surface area contributed by atoms with Crippen LogP contribution in [0.5, 0.6) is 0 Å². The number of nitrogens with two attached hydrogens (primary N) is 1. The van der Waals surface area contributed by atoms with Crippen molar-refractivity contribution in [3.8, 4) is 11.4 Å². The van der Waals surface area contributed by atoms with Gasteiger partial charge >= 0.3 is 0 Å². The molecular weight excluding hydrogens is 320 g/mol. The molecule has 2 aromatic rings. The van der Waals surface area contributed by atoms with Crippen LogP contribution in [-0.2, 0) is 24.3 Å². The van der Waals surface area contributed by atoms with Crippen molar-refractivity contribution >= 4 is 0 Å². The summed E-state index contributed by atoms with van der Waals surface area (Å²) in [6, 6.07) is 1.95. The van der Waals surface area contributed by atoms with Crippen LogP contribution >= 0.6 is 0 Å². The maximum absolute atomic E-state index is 12.5. The number of aryl methyl sites for hydroxylation is 1. The highest BCUT2D eigenvalue weighted by Gasteiger charge is 2.24. The van der Waals surface area contributed by atoms with Crippen LogP contribution in [0.3, 0.4) is 0 Å². The van der Waals surface area contributed by atoms with Gasteiger partial charge in [0.25, 0.3) is 5.89 Å². The first-order chi connectivity index (χ1) is 12.1. The Labute approximate surface area is 146 Å². The van der Waals surface area contributed by atoms with Gasteiger partial charge in [-0.15, -0.1) is 0 Å². The number of hydrogen-bond donors (Lipinski definition) is 1. The summed E-state index contributed by atoms with van der Waals surface area (Å²) in [7, 11) is 0. The maximum Gasteiger partial charge on any atom is 0.252 e. The van der Waals surface area contributed by atoms with Crippen molar-refractivity contribution in [3.05, 3.63) is 33.6 Å². The molecule has 1 aliphatic carbocycles. The number of aromatic nitrogens is 3. The topological polar surface area (TPSA) is 96.2 Å². The molecule has 0 saturated heterocycles. The van der Waals surface area contributed by atoms with Crippen LogP contribution in [0.4, 0.5) is 0 Å². The second-order valence-electron chi connectivity index (χ2n) is 7.09. The Morgan fingerprint density at radius 1 is 1.36 bits per heavy atom. The van der Waals surface area contributed by atoms with Crippen LogP contribution in [0.2, 0.25) is 0 Å². The lowest BCUT2D eigenvalue weighted by Crippen LogP contribution is -2.30. The number of hydrogen-bond acceptors (Lipinski definition) is 6. The third kappa shape index (κ3) is 3.26. The number of rotatable bonds is 4. The molecule has 134 valence electrons. The molecule has 3 heterocycles. The molecular formula is C18H24N4O3. The summed E-state index contributed by atoms with van der Waals surface area (Å²) in [6.45, 7) is 3.18. The first-order valence-electron chi connectivity index (χ1n) is 9.05. The molecule has 2 aliphatic rings. The van der Waals surface area contributed by atoms with Crippen molar-refractivity contribution in [2.24, 2.45) is 5.73 Å². The zero-order valence-corrected chi connectivity index (χ0v) is 14.5. The molecule has 0 spiro atoms. The Morgan fingerprint density at radius 3 is 2.96 bits per heavy atom. The van der Waals surface area contributed by atoms with E-state index in [1.165, 1.54) is 0 Å². The molecule has 7 nitrogen and oxygen atoms in total. The second kappa shape index (κ2) is 6.72. The molecule has 0 radical (unpaired) electrons. The monoisotopic (exact) mass is 344 g/mol. The van der Waals surface area contributed by atoms with Crippen LogP contribution in [0.1, 0.15) is 49.4 Å². The van der Waals surface area contributed by atoms with E-state index in [4.69, 9.17) is 15.0 Å². The lowest BCUT2D eigenvalue weighted by atomic mass is 9.94. The third-order valence-corrected chi connectivity index (χ3v) is 5.27. The van der Waals surface area contributed by atoms with Gasteiger partial charge in [0, 0.05) is 30.0 Å². The predicted molar refractivity (Wildman–Crippen MR) is 92.1 cm³/mol. The van der Waals surface area contributed by atoms with Crippen molar-refractivity contribution in [1.82, 2.24) is 14.7 Å². The van der Waals surface area contributed by atoms with E-state index < -0.39 is 0 Å². The van der Waals surface area contributed by atoms with E-state index in [0.29, 0.717) is 23.3 Å². The summed E-state index contributed by atoms with van der Waals surface area (Å²) < 4.78 is 13.4. The van der Waals surface area contributed by atoms with Crippen LogP contribution in [0.15, 0.2) is 15.4 Å². The maximum atomic E-state index is 12.5. The highest BCUT2D eigenvalue weighted by molar-refractivity contribution is 5.58. The fraction of sp³-hybridized carbons (Fsp3) is 0.611. The molecule has 1 aliphatic heterocycles. The van der Waals surface area contributed by atoms with Gasteiger partial charge in [-0.05, 0) is 45.4 Å². The normalized spacial score (nSPS) is 23.0. The smallest absolute Gasteiger partial charge is 0.252 e. The summed E-state index contributed by atoms with van der Waals surface area (Å²) in [6.07, 6.45) is 6.02. The predicted octanol–water partition coefficient (Wildman–Crippen LogP) is 1.94. The molecule has 0 amide bonds. The highest BCUT2D eigenvalue weighted by Crippen LogP contribution is 2.25. The minimum atomic E-state index is -0.0415. The van der Waals surface area contributed by atoms with Crippen LogP contribution in [0, 0.1) is 6.92 Å². The number of fused-ring (bicyclic) bond motifs is 1. The molecule has 0 atom stereocenters. The van der Waals surface area contributed by atoms with Crippen molar-refractivity contribution in [1.29, 1.82) is 0 Å². The van der Waals surface area contributed by atoms with Gasteiger partial charge in [0.05, 0.1) is 11.7 Å². The standard InChI is InChI=1S/C18H24N4O3/c1-11-9-15(23)17(14-3-2-8-22(11)14)18-20-16(25-21-18)10-24-13-6-4-12(19)5-7-13/h9,12-13H,2-8,10,19H2,1H3. The van der Waals surface area contributed by atoms with E-state index in [1.807, 2.05) is 6.92 Å². The van der Waals surface area contributed by atoms with E-state index in [0.717, 1.165) is 56.5 Å². The number of pyridine rings is 1. The highest BCUT2D eigenvalue weighted by atomic mass is 16.5. The zero-order chi connectivity index (χ0) is 17.4. The van der Waals surface area contributed by atoms with Crippen molar-refractivity contribution in [2.45, 2.75) is 70.7 Å². The van der Waals surface area contributed by atoms with E-state index in [9.17, 15) is 4.79 Å². The first kappa shape index (κ1) is 16.5. The second-order valence-corrected chi connectivity index (χ2v) is 7.09. The average molecular weight is 344 g/mol. The number of nitrogens with zero attached hydrogens (tertiary/aromatic N) is 3. The van der Waals surface area contributed by atoms with Gasteiger partial charge in [0.15, 0.2) is 5.43 Å². The summed E-state index contributed by atoms with van der Waals surface area (Å²) >= 11 is 0. The molecule has 25 heavy (non-hydrogen) atoms. The lowest BCUT2D eigenvalue weighted by Gasteiger charge is -2.25. The van der Waals surface area contributed by atoms with Crippen LogP contribution < -0.4 is 11.2 Å². The van der Waals surface area contributed by atoms with Gasteiger partial charge in [-0.2, -0.15) is 4.98 Å². The SMILES string of the molecule is Cc1cc(=O)c(-c2noc(COC3CCC(N)CC3)n2)c2n1CCC2. The van der Waals surface area contributed by atoms with Crippen molar-refractivity contribution < 1.29 is 9.26 Å². The first-order valence-corrected chi connectivity index (χ1v) is 9.05. The molecule has 0 unspecified atom stereocenters. The zero-order valence-electron chi connectivity index (χ0n) is 14.5. The number of ether oxygens (including phenoxy) is 1. The Balaban J connectivity index is 1.51. The van der Waals surface area contributed by atoms with Gasteiger partial charge in [0.2, 0.25) is 5.82 Å². The lowest BCUT2D eigenvalue weighted by molar-refractivity contribution is 0.00192. The molecule has 7 heteroatoms. The molecule has 2 N–H and O–H groups in total. The fourth-order valence-electron chi connectivity index (χ4n) is 3.90. The molecule has 0 bridgehead atoms. The van der Waals surface area contributed by atoms with E-state index >= 15 is 0 Å². The molecule has 0 aromatic carbocycles. The average Bonchev–Trinajstić information content (AvgIpc) is 3.24. The van der Waals surface area contributed by atoms with Crippen LogP contribution in [-0.4, -0.2) is 26.9 Å². The molecule has 1 fully saturated rings. The molecule has 1 saturated carbocycles. The fourth-order valence-corrected chi connectivity index (χ4v) is 3.90.